The maximum Gasteiger partial charge on any atom is 0.265 e. The van der Waals surface area contributed by atoms with Crippen molar-refractivity contribution in [1.29, 1.82) is 0 Å². The van der Waals surface area contributed by atoms with Crippen LogP contribution in [0.5, 0.6) is 11.6 Å². The van der Waals surface area contributed by atoms with Crippen molar-refractivity contribution in [1.82, 2.24) is 15.2 Å². The first-order chi connectivity index (χ1) is 10.6. The number of nitrogens with one attached hydrogen (secondary N) is 2. The molecule has 7 nitrogen and oxygen atoms in total. The van der Waals surface area contributed by atoms with Crippen molar-refractivity contribution in [3.05, 3.63) is 61.1 Å². The Balaban J connectivity index is 1.72. The fourth-order valence-corrected chi connectivity index (χ4v) is 2.66. The van der Waals surface area contributed by atoms with Crippen LogP contribution < -0.4 is 9.46 Å². The van der Waals surface area contributed by atoms with E-state index in [4.69, 9.17) is 4.74 Å². The second kappa shape index (κ2) is 5.86. The first-order valence-electron chi connectivity index (χ1n) is 6.34. The van der Waals surface area contributed by atoms with E-state index in [1.54, 1.807) is 24.3 Å². The van der Waals surface area contributed by atoms with Crippen molar-refractivity contribution < 1.29 is 13.2 Å². The van der Waals surface area contributed by atoms with Gasteiger partial charge in [-0.2, -0.15) is 5.10 Å². The Kier molecular flexibility index (Phi) is 3.75. The van der Waals surface area contributed by atoms with Gasteiger partial charge in [-0.15, -0.1) is 0 Å². The Morgan fingerprint density at radius 2 is 1.86 bits per heavy atom. The van der Waals surface area contributed by atoms with Crippen LogP contribution in [-0.2, 0) is 10.0 Å². The van der Waals surface area contributed by atoms with E-state index in [0.29, 0.717) is 17.3 Å². The molecule has 2 aromatic heterocycles. The Labute approximate surface area is 127 Å². The van der Waals surface area contributed by atoms with Gasteiger partial charge in [-0.05, 0) is 18.2 Å². The second-order valence-electron chi connectivity index (χ2n) is 4.34. The van der Waals surface area contributed by atoms with Crippen molar-refractivity contribution in [3.63, 3.8) is 0 Å². The van der Waals surface area contributed by atoms with Crippen molar-refractivity contribution >= 4 is 15.7 Å². The summed E-state index contributed by atoms with van der Waals surface area (Å²) in [6, 6.07) is 12.3. The van der Waals surface area contributed by atoms with Crippen molar-refractivity contribution in [2.45, 2.75) is 4.90 Å². The number of nitrogens with zero attached hydrogens (tertiary/aromatic N) is 2. The summed E-state index contributed by atoms with van der Waals surface area (Å²) in [6.07, 6.45) is 3.90. The molecule has 0 saturated carbocycles. The summed E-state index contributed by atoms with van der Waals surface area (Å²) in [6.45, 7) is 0. The summed E-state index contributed by atoms with van der Waals surface area (Å²) in [7, 11) is -3.67. The minimum atomic E-state index is -3.67. The van der Waals surface area contributed by atoms with Crippen LogP contribution in [0.15, 0.2) is 66.0 Å². The zero-order valence-electron chi connectivity index (χ0n) is 11.3. The van der Waals surface area contributed by atoms with Crippen LogP contribution in [0.25, 0.3) is 0 Å². The number of hydrogen-bond donors (Lipinski definition) is 2. The van der Waals surface area contributed by atoms with E-state index < -0.39 is 10.0 Å². The molecule has 0 bridgehead atoms. The molecule has 2 heterocycles. The van der Waals surface area contributed by atoms with E-state index in [1.807, 2.05) is 18.2 Å². The lowest BCUT2D eigenvalue weighted by atomic mass is 10.3. The van der Waals surface area contributed by atoms with Gasteiger partial charge in [0.15, 0.2) is 0 Å². The summed E-state index contributed by atoms with van der Waals surface area (Å²) < 4.78 is 32.0. The average molecular weight is 316 g/mol. The van der Waals surface area contributed by atoms with Gasteiger partial charge in [0, 0.05) is 12.3 Å². The molecule has 0 atom stereocenters. The molecule has 0 aliphatic rings. The summed E-state index contributed by atoms with van der Waals surface area (Å²) in [5.74, 6) is 1.03. The van der Waals surface area contributed by atoms with Crippen LogP contribution in [0.2, 0.25) is 0 Å². The quantitative estimate of drug-likeness (QED) is 0.753. The van der Waals surface area contributed by atoms with E-state index in [-0.39, 0.29) is 4.90 Å². The number of aromatic nitrogens is 3. The molecule has 0 aliphatic carbocycles. The number of benzene rings is 1. The number of anilines is 1. The highest BCUT2D eigenvalue weighted by Gasteiger charge is 2.15. The molecule has 112 valence electrons. The van der Waals surface area contributed by atoms with E-state index in [0.717, 1.165) is 0 Å². The van der Waals surface area contributed by atoms with Gasteiger partial charge < -0.3 is 4.74 Å². The number of ether oxygens (including phenoxy) is 1. The zero-order chi connectivity index (χ0) is 15.4. The van der Waals surface area contributed by atoms with Gasteiger partial charge in [0.2, 0.25) is 5.88 Å². The van der Waals surface area contributed by atoms with Gasteiger partial charge in [-0.3, -0.25) is 9.82 Å². The number of hydrogen-bond acceptors (Lipinski definition) is 5. The molecular weight excluding hydrogens is 304 g/mol. The van der Waals surface area contributed by atoms with Gasteiger partial charge in [-0.25, -0.2) is 13.4 Å². The molecule has 22 heavy (non-hydrogen) atoms. The third-order valence-corrected chi connectivity index (χ3v) is 4.09. The smallest absolute Gasteiger partial charge is 0.265 e. The van der Waals surface area contributed by atoms with Gasteiger partial charge in [0.1, 0.15) is 10.6 Å². The normalized spacial score (nSPS) is 11.1. The molecule has 0 radical (unpaired) electrons. The first-order valence-corrected chi connectivity index (χ1v) is 7.82. The summed E-state index contributed by atoms with van der Waals surface area (Å²) in [4.78, 5) is 4.12. The predicted molar refractivity (Wildman–Crippen MR) is 80.1 cm³/mol. The maximum atomic E-state index is 12.0. The molecule has 2 N–H and O–H groups in total. The Bertz CT molecular complexity index is 832. The second-order valence-corrected chi connectivity index (χ2v) is 6.02. The average Bonchev–Trinajstić information content (AvgIpc) is 3.05. The summed E-state index contributed by atoms with van der Waals surface area (Å²) >= 11 is 0. The van der Waals surface area contributed by atoms with Crippen LogP contribution in [0.3, 0.4) is 0 Å². The van der Waals surface area contributed by atoms with Crippen molar-refractivity contribution in [2.24, 2.45) is 0 Å². The fourth-order valence-electron chi connectivity index (χ4n) is 1.71. The zero-order valence-corrected chi connectivity index (χ0v) is 12.1. The van der Waals surface area contributed by atoms with E-state index >= 15 is 0 Å². The lowest BCUT2D eigenvalue weighted by Crippen LogP contribution is -2.12. The molecule has 3 aromatic rings. The minimum absolute atomic E-state index is 0.0529. The molecule has 0 saturated heterocycles. The minimum Gasteiger partial charge on any atom is -0.439 e. The Morgan fingerprint density at radius 1 is 1.05 bits per heavy atom. The predicted octanol–water partition coefficient (Wildman–Crippen LogP) is 2.40. The fraction of sp³-hybridized carbons (Fsp3) is 0. The van der Waals surface area contributed by atoms with E-state index in [1.165, 1.54) is 18.6 Å². The third-order valence-electron chi connectivity index (χ3n) is 2.74. The number of rotatable bonds is 5. The molecule has 0 amide bonds. The molecule has 0 unspecified atom stereocenters. The van der Waals surface area contributed by atoms with Crippen molar-refractivity contribution in [3.8, 4) is 11.6 Å². The van der Waals surface area contributed by atoms with Crippen LogP contribution in [-0.4, -0.2) is 23.6 Å². The number of H-pyrrole nitrogens is 1. The lowest BCUT2D eigenvalue weighted by Gasteiger charge is -2.07. The van der Waals surface area contributed by atoms with Crippen LogP contribution in [0.1, 0.15) is 0 Å². The van der Waals surface area contributed by atoms with Crippen LogP contribution in [0, 0.1) is 0 Å². The highest BCUT2D eigenvalue weighted by molar-refractivity contribution is 7.92. The maximum absolute atomic E-state index is 12.0. The topological polar surface area (TPSA) is 97.0 Å². The number of pyridine rings is 1. The van der Waals surface area contributed by atoms with Gasteiger partial charge in [0.25, 0.3) is 10.0 Å². The molecule has 0 spiro atoms. The summed E-state index contributed by atoms with van der Waals surface area (Å²) in [5.41, 5.74) is 0.335. The number of sulfonamides is 1. The highest BCUT2D eigenvalue weighted by Crippen LogP contribution is 2.21. The van der Waals surface area contributed by atoms with E-state index in [2.05, 4.69) is 19.9 Å². The van der Waals surface area contributed by atoms with E-state index in [9.17, 15) is 8.42 Å². The monoisotopic (exact) mass is 316 g/mol. The molecule has 8 heteroatoms. The first kappa shape index (κ1) is 14.1. The van der Waals surface area contributed by atoms with Gasteiger partial charge in [-0.1, -0.05) is 18.2 Å². The lowest BCUT2D eigenvalue weighted by molar-refractivity contribution is 0.463. The van der Waals surface area contributed by atoms with Crippen LogP contribution in [0.4, 0.5) is 5.69 Å². The highest BCUT2D eigenvalue weighted by atomic mass is 32.2. The Morgan fingerprint density at radius 3 is 2.50 bits per heavy atom. The van der Waals surface area contributed by atoms with Crippen LogP contribution >= 0.6 is 0 Å². The molecule has 0 fully saturated rings. The molecule has 1 aromatic carbocycles. The van der Waals surface area contributed by atoms with Gasteiger partial charge in [0.05, 0.1) is 18.1 Å². The molecule has 3 rings (SSSR count). The number of para-hydroxylation sites is 1. The SMILES string of the molecule is O=S(=O)(Nc1ccc(Oc2ccccc2)nc1)c1cn[nH]c1. The third kappa shape index (κ3) is 3.23. The van der Waals surface area contributed by atoms with Crippen molar-refractivity contribution in [2.75, 3.05) is 4.72 Å². The number of aromatic amines is 1. The van der Waals surface area contributed by atoms with Gasteiger partial charge >= 0.3 is 0 Å². The molecule has 0 aliphatic heterocycles. The summed E-state index contributed by atoms with van der Waals surface area (Å²) in [5, 5.41) is 6.06. The molecular formula is C14H12N4O3S. The Hall–Kier alpha value is -2.87. The standard InChI is InChI=1S/C14H12N4O3S/c19-22(20,13-9-16-17-10-13)18-11-6-7-14(15-8-11)21-12-4-2-1-3-5-12/h1-10,18H,(H,16,17). The largest absolute Gasteiger partial charge is 0.439 e.